The van der Waals surface area contributed by atoms with Crippen LogP contribution in [0.2, 0.25) is 0 Å². The average Bonchev–Trinajstić information content (AvgIpc) is 3.56. The fourth-order valence-electron chi connectivity index (χ4n) is 8.81. The number of aromatic nitrogens is 1. The standard InChI is InChI=1S/C49H31NO2/c1-3-15-32(16-4-1)36-21-13-24-40-48(36)52-45-28-12-9-23-39(45)49(40)38-22-8-11-27-44(38)51-46-30-29-33(31-41(46)49)35-20-14-26-43-47(35)37-19-7-10-25-42(37)50(43)34-17-5-2-6-18-34/h1-31H. The molecule has 9 aromatic rings. The third-order valence-corrected chi connectivity index (χ3v) is 10.9. The smallest absolute Gasteiger partial charge is 0.140 e. The number of hydrogen-bond acceptors (Lipinski definition) is 2. The summed E-state index contributed by atoms with van der Waals surface area (Å²) in [4.78, 5) is 0. The molecule has 0 amide bonds. The zero-order valence-electron chi connectivity index (χ0n) is 28.2. The molecule has 3 nitrogen and oxygen atoms in total. The molecule has 3 heterocycles. The lowest BCUT2D eigenvalue weighted by Gasteiger charge is -2.45. The van der Waals surface area contributed by atoms with Crippen molar-refractivity contribution in [1.29, 1.82) is 0 Å². The summed E-state index contributed by atoms with van der Waals surface area (Å²) in [6.45, 7) is 0. The Hall–Kier alpha value is -6.84. The van der Waals surface area contributed by atoms with Crippen molar-refractivity contribution in [1.82, 2.24) is 4.57 Å². The van der Waals surface area contributed by atoms with E-state index in [9.17, 15) is 0 Å². The van der Waals surface area contributed by atoms with Crippen molar-refractivity contribution in [2.24, 2.45) is 0 Å². The average molecular weight is 666 g/mol. The van der Waals surface area contributed by atoms with Crippen LogP contribution >= 0.6 is 0 Å². The zero-order chi connectivity index (χ0) is 34.2. The summed E-state index contributed by atoms with van der Waals surface area (Å²) in [6.07, 6.45) is 0. The van der Waals surface area contributed by atoms with Crippen molar-refractivity contribution in [2.45, 2.75) is 5.41 Å². The highest BCUT2D eigenvalue weighted by Gasteiger charge is 2.51. The van der Waals surface area contributed by atoms with E-state index in [0.717, 1.165) is 67.6 Å². The monoisotopic (exact) mass is 665 g/mol. The maximum absolute atomic E-state index is 6.94. The van der Waals surface area contributed by atoms with Crippen LogP contribution in [0.3, 0.4) is 0 Å². The highest BCUT2D eigenvalue weighted by Crippen LogP contribution is 2.63. The maximum atomic E-state index is 6.94. The topological polar surface area (TPSA) is 23.4 Å². The maximum Gasteiger partial charge on any atom is 0.140 e. The van der Waals surface area contributed by atoms with Gasteiger partial charge in [-0.1, -0.05) is 140 Å². The summed E-state index contributed by atoms with van der Waals surface area (Å²) in [7, 11) is 0. The third kappa shape index (κ3) is 3.96. The van der Waals surface area contributed by atoms with Crippen LogP contribution < -0.4 is 9.47 Å². The predicted octanol–water partition coefficient (Wildman–Crippen LogP) is 12.7. The molecule has 0 aliphatic carbocycles. The first-order valence-corrected chi connectivity index (χ1v) is 17.8. The lowest BCUT2D eigenvalue weighted by molar-refractivity contribution is 0.400. The molecule has 244 valence electrons. The van der Waals surface area contributed by atoms with Gasteiger partial charge in [-0.3, -0.25) is 0 Å². The molecule has 52 heavy (non-hydrogen) atoms. The Kier molecular flexibility index (Phi) is 6.17. The molecule has 11 rings (SSSR count). The summed E-state index contributed by atoms with van der Waals surface area (Å²) in [5.74, 6) is 3.41. The molecule has 1 spiro atoms. The van der Waals surface area contributed by atoms with Gasteiger partial charge in [-0.25, -0.2) is 0 Å². The Balaban J connectivity index is 1.23. The molecule has 0 bridgehead atoms. The molecular weight excluding hydrogens is 635 g/mol. The number of para-hydroxylation sites is 5. The lowest BCUT2D eigenvalue weighted by Crippen LogP contribution is -2.37. The fraction of sp³-hybridized carbons (Fsp3) is 0.0204. The van der Waals surface area contributed by atoms with E-state index in [-0.39, 0.29) is 0 Å². The molecule has 2 aliphatic heterocycles. The van der Waals surface area contributed by atoms with E-state index in [1.165, 1.54) is 27.4 Å². The van der Waals surface area contributed by atoms with Crippen LogP contribution in [0.15, 0.2) is 188 Å². The van der Waals surface area contributed by atoms with E-state index >= 15 is 0 Å². The third-order valence-electron chi connectivity index (χ3n) is 10.9. The van der Waals surface area contributed by atoms with Gasteiger partial charge < -0.3 is 14.0 Å². The van der Waals surface area contributed by atoms with Gasteiger partial charge in [-0.2, -0.15) is 0 Å². The Labute approximate surface area is 301 Å². The fourth-order valence-corrected chi connectivity index (χ4v) is 8.81. The minimum absolute atomic E-state index is 0.707. The predicted molar refractivity (Wildman–Crippen MR) is 210 cm³/mol. The summed E-state index contributed by atoms with van der Waals surface area (Å²) < 4.78 is 16.1. The van der Waals surface area contributed by atoms with Crippen LogP contribution in [0, 0.1) is 0 Å². The molecule has 1 atom stereocenters. The van der Waals surface area contributed by atoms with Crippen LogP contribution in [-0.4, -0.2) is 4.57 Å². The Bertz CT molecular complexity index is 2840. The number of benzene rings is 8. The molecule has 0 radical (unpaired) electrons. The molecule has 3 heteroatoms. The zero-order valence-corrected chi connectivity index (χ0v) is 28.2. The first-order chi connectivity index (χ1) is 25.8. The molecular formula is C49H31NO2. The van der Waals surface area contributed by atoms with Crippen LogP contribution in [0.4, 0.5) is 0 Å². The second kappa shape index (κ2) is 11.1. The first kappa shape index (κ1) is 28.9. The van der Waals surface area contributed by atoms with Gasteiger partial charge in [0.05, 0.1) is 16.4 Å². The minimum Gasteiger partial charge on any atom is -0.457 e. The van der Waals surface area contributed by atoms with Gasteiger partial charge >= 0.3 is 0 Å². The van der Waals surface area contributed by atoms with Crippen molar-refractivity contribution in [3.63, 3.8) is 0 Å². The summed E-state index contributed by atoms with van der Waals surface area (Å²) in [6, 6.07) is 66.9. The molecule has 1 aromatic heterocycles. The number of nitrogens with zero attached hydrogens (tertiary/aromatic N) is 1. The van der Waals surface area contributed by atoms with E-state index in [2.05, 4.69) is 193 Å². The normalized spacial score (nSPS) is 15.3. The van der Waals surface area contributed by atoms with Gasteiger partial charge in [-0.05, 0) is 65.2 Å². The SMILES string of the molecule is c1ccc(-c2cccc3c2Oc2ccccc2C32c3ccccc3Oc3ccc(-c4cccc5c4c4ccccc4n5-c4ccccc4)cc32)cc1. The molecule has 1 unspecified atom stereocenters. The van der Waals surface area contributed by atoms with Gasteiger partial charge in [-0.15, -0.1) is 0 Å². The van der Waals surface area contributed by atoms with Crippen molar-refractivity contribution < 1.29 is 9.47 Å². The van der Waals surface area contributed by atoms with Crippen molar-refractivity contribution in [3.05, 3.63) is 210 Å². The van der Waals surface area contributed by atoms with Crippen LogP contribution in [-0.2, 0) is 5.41 Å². The van der Waals surface area contributed by atoms with Gasteiger partial charge in [0.2, 0.25) is 0 Å². The van der Waals surface area contributed by atoms with E-state index in [0.29, 0.717) is 0 Å². The van der Waals surface area contributed by atoms with Gasteiger partial charge in [0.15, 0.2) is 0 Å². The summed E-state index contributed by atoms with van der Waals surface area (Å²) >= 11 is 0. The number of fused-ring (bicyclic) bond motifs is 11. The Morgan fingerprint density at radius 1 is 0.385 bits per heavy atom. The number of ether oxygens (including phenoxy) is 2. The second-order valence-corrected chi connectivity index (χ2v) is 13.6. The molecule has 2 aliphatic rings. The van der Waals surface area contributed by atoms with E-state index in [1.807, 2.05) is 0 Å². The first-order valence-electron chi connectivity index (χ1n) is 17.8. The van der Waals surface area contributed by atoms with Crippen molar-refractivity contribution in [3.8, 4) is 50.9 Å². The van der Waals surface area contributed by atoms with Gasteiger partial charge in [0.1, 0.15) is 23.0 Å². The second-order valence-electron chi connectivity index (χ2n) is 13.6. The minimum atomic E-state index is -0.707. The van der Waals surface area contributed by atoms with Gasteiger partial charge in [0, 0.05) is 44.3 Å². The van der Waals surface area contributed by atoms with E-state index in [4.69, 9.17) is 9.47 Å². The highest BCUT2D eigenvalue weighted by atomic mass is 16.5. The molecule has 8 aromatic carbocycles. The van der Waals surface area contributed by atoms with E-state index < -0.39 is 5.41 Å². The molecule has 0 fully saturated rings. The van der Waals surface area contributed by atoms with Crippen molar-refractivity contribution >= 4 is 21.8 Å². The van der Waals surface area contributed by atoms with Gasteiger partial charge in [0.25, 0.3) is 0 Å². The largest absolute Gasteiger partial charge is 0.457 e. The molecule has 0 saturated carbocycles. The quantitative estimate of drug-likeness (QED) is 0.187. The number of rotatable bonds is 3. The molecule has 0 saturated heterocycles. The summed E-state index contributed by atoms with van der Waals surface area (Å²) in [5.41, 5.74) is 11.7. The highest BCUT2D eigenvalue weighted by molar-refractivity contribution is 6.15. The lowest BCUT2D eigenvalue weighted by atomic mass is 9.61. The Morgan fingerprint density at radius 2 is 0.981 bits per heavy atom. The van der Waals surface area contributed by atoms with Crippen LogP contribution in [0.5, 0.6) is 23.0 Å². The van der Waals surface area contributed by atoms with Crippen LogP contribution in [0.1, 0.15) is 22.3 Å². The summed E-state index contributed by atoms with van der Waals surface area (Å²) in [5, 5.41) is 2.45. The molecule has 0 N–H and O–H groups in total. The van der Waals surface area contributed by atoms with Crippen molar-refractivity contribution in [2.75, 3.05) is 0 Å². The van der Waals surface area contributed by atoms with Crippen LogP contribution in [0.25, 0.3) is 49.7 Å². The number of hydrogen-bond donors (Lipinski definition) is 0. The van der Waals surface area contributed by atoms with E-state index in [1.54, 1.807) is 0 Å². The Morgan fingerprint density at radius 3 is 1.79 bits per heavy atom.